The van der Waals surface area contributed by atoms with Crippen LogP contribution in [0.25, 0.3) is 0 Å². The van der Waals surface area contributed by atoms with E-state index >= 15 is 0 Å². The van der Waals surface area contributed by atoms with E-state index in [4.69, 9.17) is 4.52 Å². The molecule has 0 aliphatic carbocycles. The van der Waals surface area contributed by atoms with Crippen LogP contribution in [0.15, 0.2) is 12.2 Å². The molecule has 0 amide bonds. The fraction of sp³-hybridized carbons (Fsp3) is 0.931. The van der Waals surface area contributed by atoms with Crippen LogP contribution in [-0.2, 0) is 9.09 Å². The van der Waals surface area contributed by atoms with Gasteiger partial charge in [-0.25, -0.2) is 0 Å². The van der Waals surface area contributed by atoms with Crippen LogP contribution >= 0.6 is 7.60 Å². The molecule has 1 N–H and O–H groups in total. The van der Waals surface area contributed by atoms with Gasteiger partial charge in [-0.05, 0) is 25.7 Å². The summed E-state index contributed by atoms with van der Waals surface area (Å²) < 4.78 is 18.4. The second-order valence-corrected chi connectivity index (χ2v) is 13.1. The van der Waals surface area contributed by atoms with E-state index in [0.29, 0.717) is 17.5 Å². The molecule has 0 fully saturated rings. The minimum Gasteiger partial charge on any atom is -0.320 e. The van der Waals surface area contributed by atoms with E-state index in [1.165, 1.54) is 109 Å². The van der Waals surface area contributed by atoms with Crippen molar-refractivity contribution < 1.29 is 18.5 Å². The lowest BCUT2D eigenvalue weighted by Gasteiger charge is -2.35. The van der Waals surface area contributed by atoms with Crippen LogP contribution in [0.5, 0.6) is 0 Å². The van der Waals surface area contributed by atoms with Crippen molar-refractivity contribution in [2.45, 2.75) is 148 Å². The lowest BCUT2D eigenvalue weighted by atomic mass is 10.0. The van der Waals surface area contributed by atoms with Crippen molar-refractivity contribution in [1.29, 1.82) is 0 Å². The number of unbranched alkanes of at least 4 members (excludes halogenated alkanes) is 17. The monoisotopic (exact) mass is 502 g/mol. The average Bonchev–Trinajstić information content (AvgIpc) is 2.76. The Labute approximate surface area is 214 Å². The molecule has 0 aromatic carbocycles. The number of allylic oxidation sites excluding steroid dienone is 2. The van der Waals surface area contributed by atoms with Gasteiger partial charge >= 0.3 is 7.60 Å². The van der Waals surface area contributed by atoms with Crippen LogP contribution in [0.2, 0.25) is 0 Å². The molecule has 0 heterocycles. The first-order chi connectivity index (χ1) is 16.3. The Morgan fingerprint density at radius 3 is 1.44 bits per heavy atom. The van der Waals surface area contributed by atoms with Gasteiger partial charge in [0, 0.05) is 6.42 Å². The molecular weight excluding hydrogens is 441 g/mol. The van der Waals surface area contributed by atoms with E-state index in [2.05, 4.69) is 19.1 Å². The summed E-state index contributed by atoms with van der Waals surface area (Å²) in [6.45, 7) is 4.61. The summed E-state index contributed by atoms with van der Waals surface area (Å²) in [5, 5.41) is 0. The number of hydrogen-bond acceptors (Lipinski definition) is 2. The summed E-state index contributed by atoms with van der Waals surface area (Å²) in [5.41, 5.74) is 0. The molecule has 4 nitrogen and oxygen atoms in total. The zero-order valence-corrected chi connectivity index (χ0v) is 24.6. The smallest absolute Gasteiger partial charge is 0.320 e. The Morgan fingerprint density at radius 1 is 0.676 bits per heavy atom. The molecule has 0 radical (unpaired) electrons. The lowest BCUT2D eigenvalue weighted by Crippen LogP contribution is -2.44. The van der Waals surface area contributed by atoms with E-state index in [0.717, 1.165) is 12.8 Å². The first kappa shape index (κ1) is 33.8. The van der Waals surface area contributed by atoms with Crippen LogP contribution in [0.3, 0.4) is 0 Å². The van der Waals surface area contributed by atoms with Crippen molar-refractivity contribution in [3.63, 3.8) is 0 Å². The molecule has 0 aliphatic rings. The minimum atomic E-state index is -3.55. The van der Waals surface area contributed by atoms with Crippen molar-refractivity contribution in [3.05, 3.63) is 12.2 Å². The third-order valence-corrected chi connectivity index (χ3v) is 9.18. The van der Waals surface area contributed by atoms with Gasteiger partial charge in [0.25, 0.3) is 0 Å². The Balaban J connectivity index is 3.37. The number of nitrogens with zero attached hydrogens (tertiary/aromatic N) is 1. The number of quaternary nitrogens is 1. The van der Waals surface area contributed by atoms with Gasteiger partial charge in [-0.1, -0.05) is 122 Å². The molecule has 34 heavy (non-hydrogen) atoms. The second kappa shape index (κ2) is 22.1. The minimum absolute atomic E-state index is 0.347. The van der Waals surface area contributed by atoms with Gasteiger partial charge in [0.15, 0.2) is 5.78 Å². The van der Waals surface area contributed by atoms with Crippen LogP contribution in [-0.4, -0.2) is 42.9 Å². The molecule has 0 aromatic heterocycles. The summed E-state index contributed by atoms with van der Waals surface area (Å²) in [5.74, 6) is -0.347. The largest absolute Gasteiger partial charge is 0.385 e. The molecule has 0 saturated heterocycles. The predicted octanol–water partition coefficient (Wildman–Crippen LogP) is 9.62. The fourth-order valence-electron chi connectivity index (χ4n) is 4.72. The van der Waals surface area contributed by atoms with Crippen LogP contribution in [0.1, 0.15) is 142 Å². The molecule has 0 aromatic rings. The van der Waals surface area contributed by atoms with Crippen molar-refractivity contribution in [3.8, 4) is 0 Å². The molecular formula is C29H61NO3P+. The highest BCUT2D eigenvalue weighted by molar-refractivity contribution is 7.53. The van der Waals surface area contributed by atoms with E-state index in [-0.39, 0.29) is 5.78 Å². The molecule has 0 rings (SSSR count). The summed E-state index contributed by atoms with van der Waals surface area (Å²) in [6.07, 6.45) is 30.3. The van der Waals surface area contributed by atoms with E-state index in [1.54, 1.807) is 0 Å². The fourth-order valence-corrected chi connectivity index (χ4v) is 6.62. The van der Waals surface area contributed by atoms with Crippen molar-refractivity contribution in [2.24, 2.45) is 0 Å². The Morgan fingerprint density at radius 2 is 1.06 bits per heavy atom. The van der Waals surface area contributed by atoms with Gasteiger partial charge < -0.3 is 13.9 Å². The highest BCUT2D eigenvalue weighted by Gasteiger charge is 2.41. The maximum absolute atomic E-state index is 12.5. The molecule has 5 heteroatoms. The molecule has 2 unspecified atom stereocenters. The zero-order valence-electron chi connectivity index (χ0n) is 23.7. The highest BCUT2D eigenvalue weighted by atomic mass is 31.2. The van der Waals surface area contributed by atoms with Gasteiger partial charge in [-0.15, -0.1) is 0 Å². The SMILES string of the molecule is CCCCC=CCCCCCCCCCCCCCCCCCOP(=O)(O)C(CC)[N+](C)(C)C. The summed E-state index contributed by atoms with van der Waals surface area (Å²) in [7, 11) is 2.32. The molecule has 2 atom stereocenters. The van der Waals surface area contributed by atoms with Gasteiger partial charge in [0.05, 0.1) is 27.7 Å². The van der Waals surface area contributed by atoms with E-state index in [9.17, 15) is 9.46 Å². The van der Waals surface area contributed by atoms with Crippen molar-refractivity contribution in [1.82, 2.24) is 0 Å². The maximum Gasteiger partial charge on any atom is 0.385 e. The lowest BCUT2D eigenvalue weighted by molar-refractivity contribution is -0.883. The van der Waals surface area contributed by atoms with Crippen LogP contribution in [0, 0.1) is 0 Å². The Hall–Kier alpha value is -0.150. The zero-order chi connectivity index (χ0) is 25.5. The molecule has 0 saturated carbocycles. The van der Waals surface area contributed by atoms with Gasteiger partial charge in [-0.2, -0.15) is 0 Å². The quantitative estimate of drug-likeness (QED) is 0.0585. The molecule has 204 valence electrons. The average molecular weight is 503 g/mol. The number of rotatable bonds is 25. The maximum atomic E-state index is 12.5. The highest BCUT2D eigenvalue weighted by Crippen LogP contribution is 2.51. The Bertz CT molecular complexity index is 516. The third-order valence-electron chi connectivity index (χ3n) is 6.82. The molecule has 0 bridgehead atoms. The van der Waals surface area contributed by atoms with E-state index < -0.39 is 7.60 Å². The molecule has 0 aliphatic heterocycles. The summed E-state index contributed by atoms with van der Waals surface area (Å²) in [6, 6.07) is 0. The Kier molecular flexibility index (Phi) is 22.0. The van der Waals surface area contributed by atoms with Crippen molar-refractivity contribution >= 4 is 7.60 Å². The summed E-state index contributed by atoms with van der Waals surface area (Å²) in [4.78, 5) is 10.3. The van der Waals surface area contributed by atoms with Crippen molar-refractivity contribution in [2.75, 3.05) is 27.7 Å². The van der Waals surface area contributed by atoms with Crippen LogP contribution < -0.4 is 0 Å². The first-order valence-electron chi connectivity index (χ1n) is 14.7. The predicted molar refractivity (Wildman–Crippen MR) is 150 cm³/mol. The van der Waals surface area contributed by atoms with Gasteiger partial charge in [-0.3, -0.25) is 4.57 Å². The first-order valence-corrected chi connectivity index (χ1v) is 16.3. The molecule has 0 spiro atoms. The normalized spacial score (nSPS) is 15.1. The van der Waals surface area contributed by atoms with Gasteiger partial charge in [0.1, 0.15) is 0 Å². The second-order valence-electron chi connectivity index (χ2n) is 11.1. The van der Waals surface area contributed by atoms with Crippen LogP contribution in [0.4, 0.5) is 0 Å². The summed E-state index contributed by atoms with van der Waals surface area (Å²) >= 11 is 0. The van der Waals surface area contributed by atoms with Gasteiger partial charge in [0.2, 0.25) is 0 Å². The third kappa shape index (κ3) is 20.1. The topological polar surface area (TPSA) is 46.5 Å². The van der Waals surface area contributed by atoms with E-state index in [1.807, 2.05) is 28.1 Å². The number of hydrogen-bond donors (Lipinski definition) is 1. The standard InChI is InChI=1S/C29H60NO3P/c1-6-8-9-10-11-12-13-14-15-16-17-18-19-20-21-22-23-24-25-26-27-28-33-34(31,32)29(7-2)30(3,4)5/h10-11,29H,6-9,12-28H2,1-5H3/p+1.